The van der Waals surface area contributed by atoms with Gasteiger partial charge in [0, 0.05) is 34.9 Å². The lowest BCUT2D eigenvalue weighted by Gasteiger charge is -2.22. The number of aromatic nitrogens is 2. The number of anilines is 1. The summed E-state index contributed by atoms with van der Waals surface area (Å²) in [5.74, 6) is -5.42. The number of ether oxygens (including phenoxy) is 1. The van der Waals surface area contributed by atoms with Crippen LogP contribution >= 0.6 is 0 Å². The van der Waals surface area contributed by atoms with Crippen LogP contribution in [0.3, 0.4) is 0 Å². The number of aryl methyl sites for hydroxylation is 1. The Balaban J connectivity index is 1.72. The summed E-state index contributed by atoms with van der Waals surface area (Å²) >= 11 is 0. The molecule has 0 saturated carbocycles. The number of carbonyl (C=O) groups is 2. The number of benzene rings is 2. The van der Waals surface area contributed by atoms with E-state index in [2.05, 4.69) is 15.3 Å². The van der Waals surface area contributed by atoms with Crippen LogP contribution in [0.2, 0.25) is 0 Å². The summed E-state index contributed by atoms with van der Waals surface area (Å²) in [4.78, 5) is 34.4. The quantitative estimate of drug-likeness (QED) is 0.138. The van der Waals surface area contributed by atoms with Gasteiger partial charge in [-0.05, 0) is 62.1 Å². The lowest BCUT2D eigenvalue weighted by molar-refractivity contribution is -0.143. The number of hydrogen-bond donors (Lipinski definition) is 2. The highest BCUT2D eigenvalue weighted by atomic mass is 19.4. The molecule has 4 aromatic rings. The molecule has 0 aliphatic heterocycles. The number of alkyl halides is 6. The van der Waals surface area contributed by atoms with Gasteiger partial charge in [0.2, 0.25) is 0 Å². The second kappa shape index (κ2) is 13.7. The first-order chi connectivity index (χ1) is 22.4. The largest absolute Gasteiger partial charge is 0.467 e. The molecule has 4 rings (SSSR count). The fraction of sp³-hybridized carbons (Fsp3) is 0.333. The van der Waals surface area contributed by atoms with Crippen LogP contribution in [0.15, 0.2) is 42.6 Å². The molecule has 0 saturated heterocycles. The second-order valence-electron chi connectivity index (χ2n) is 11.1. The fourth-order valence-corrected chi connectivity index (χ4v) is 5.36. The van der Waals surface area contributed by atoms with Crippen molar-refractivity contribution in [2.75, 3.05) is 12.4 Å². The van der Waals surface area contributed by atoms with Crippen LogP contribution in [0.25, 0.3) is 22.2 Å². The van der Waals surface area contributed by atoms with Crippen LogP contribution in [0.5, 0.6) is 0 Å². The average Bonchev–Trinajstić information content (AvgIpc) is 3.00. The molecule has 2 aromatic heterocycles. The lowest BCUT2D eigenvalue weighted by Crippen LogP contribution is -2.43. The average molecular weight is 683 g/mol. The van der Waals surface area contributed by atoms with Gasteiger partial charge in [-0.15, -0.1) is 0 Å². The summed E-state index contributed by atoms with van der Waals surface area (Å²) in [6.07, 6.45) is -8.89. The number of rotatable bonds is 9. The summed E-state index contributed by atoms with van der Waals surface area (Å²) in [7, 11) is 1.00. The van der Waals surface area contributed by atoms with E-state index in [0.29, 0.717) is 34.3 Å². The number of amides is 1. The zero-order valence-electron chi connectivity index (χ0n) is 26.3. The third kappa shape index (κ3) is 7.34. The van der Waals surface area contributed by atoms with Gasteiger partial charge in [-0.3, -0.25) is 14.8 Å². The van der Waals surface area contributed by atoms with Crippen LogP contribution in [0.1, 0.15) is 51.7 Å². The number of fused-ring (bicyclic) bond motifs is 1. The molecule has 48 heavy (non-hydrogen) atoms. The topological polar surface area (TPSA) is 93.2 Å². The highest BCUT2D eigenvalue weighted by molar-refractivity contribution is 5.99. The number of pyridine rings is 2. The molecule has 2 atom stereocenters. The minimum absolute atomic E-state index is 0.000405. The monoisotopic (exact) mass is 682 g/mol. The molecule has 0 radical (unpaired) electrons. The second-order valence-corrected chi connectivity index (χ2v) is 11.1. The molecular formula is C33H30F8N4O3. The van der Waals surface area contributed by atoms with Crippen LogP contribution in [-0.2, 0) is 22.1 Å². The molecule has 2 N–H and O–H groups in total. The standard InChI is InChI=1S/C33H30F8N4O3/c1-6-25(32(36,37)38)44-19-13-22(34)26(23(35)14-19)30(46)45-24(31(47)48-5)12-18-9-10-21(28-20(18)8-7-11-42-28)29-27(33(39,40)41)16(3)15(2)17(4)43-29/h7-11,13-14,24-25,44H,6,12H2,1-5H3,(H,45,46)/t24-,25+/m0/s1. The number of hydrogen-bond acceptors (Lipinski definition) is 6. The maximum absolute atomic E-state index is 15.0. The third-order valence-corrected chi connectivity index (χ3v) is 8.02. The molecule has 0 fully saturated rings. The number of nitrogens with zero attached hydrogens (tertiary/aromatic N) is 2. The van der Waals surface area contributed by atoms with Crippen molar-refractivity contribution < 1.29 is 49.4 Å². The Kier molecular flexibility index (Phi) is 10.3. The Labute approximate surface area is 269 Å². The van der Waals surface area contributed by atoms with Crippen molar-refractivity contribution in [3.8, 4) is 11.3 Å². The van der Waals surface area contributed by atoms with Crippen LogP contribution < -0.4 is 10.6 Å². The molecule has 2 heterocycles. The highest BCUT2D eigenvalue weighted by Crippen LogP contribution is 2.42. The van der Waals surface area contributed by atoms with Gasteiger partial charge in [0.1, 0.15) is 29.3 Å². The van der Waals surface area contributed by atoms with E-state index in [4.69, 9.17) is 4.74 Å². The maximum atomic E-state index is 15.0. The molecule has 1 amide bonds. The first-order valence-electron chi connectivity index (χ1n) is 14.5. The van der Waals surface area contributed by atoms with E-state index in [0.717, 1.165) is 7.11 Å². The maximum Gasteiger partial charge on any atom is 0.418 e. The molecule has 7 nitrogen and oxygen atoms in total. The van der Waals surface area contributed by atoms with Gasteiger partial charge < -0.3 is 15.4 Å². The summed E-state index contributed by atoms with van der Waals surface area (Å²) in [6, 6.07) is 3.19. The van der Waals surface area contributed by atoms with Crippen molar-refractivity contribution in [2.45, 2.75) is 65.0 Å². The predicted molar refractivity (Wildman–Crippen MR) is 161 cm³/mol. The summed E-state index contributed by atoms with van der Waals surface area (Å²) in [5.41, 5.74) is -1.77. The molecule has 0 unspecified atom stereocenters. The van der Waals surface area contributed by atoms with E-state index < -0.39 is 71.2 Å². The van der Waals surface area contributed by atoms with E-state index in [-0.39, 0.29) is 28.8 Å². The molecule has 0 aliphatic rings. The Bertz CT molecular complexity index is 1850. The summed E-state index contributed by atoms with van der Waals surface area (Å²) in [6.45, 7) is 5.69. The minimum Gasteiger partial charge on any atom is -0.467 e. The van der Waals surface area contributed by atoms with Crippen molar-refractivity contribution in [3.05, 3.63) is 87.7 Å². The molecule has 256 valence electrons. The zero-order valence-corrected chi connectivity index (χ0v) is 26.3. The lowest BCUT2D eigenvalue weighted by atomic mass is 9.92. The summed E-state index contributed by atoms with van der Waals surface area (Å²) in [5, 5.41) is 4.48. The van der Waals surface area contributed by atoms with E-state index in [1.165, 1.54) is 51.2 Å². The Morgan fingerprint density at radius 2 is 1.60 bits per heavy atom. The van der Waals surface area contributed by atoms with E-state index in [9.17, 15) is 44.7 Å². The van der Waals surface area contributed by atoms with Crippen molar-refractivity contribution in [1.29, 1.82) is 0 Å². The summed E-state index contributed by atoms with van der Waals surface area (Å²) < 4.78 is 117. The van der Waals surface area contributed by atoms with Crippen molar-refractivity contribution in [1.82, 2.24) is 15.3 Å². The van der Waals surface area contributed by atoms with Gasteiger partial charge in [-0.1, -0.05) is 25.1 Å². The Morgan fingerprint density at radius 1 is 0.958 bits per heavy atom. The SMILES string of the molecule is CC[C@@H](Nc1cc(F)c(C(=O)N[C@@H](Cc2ccc(-c3nc(C)c(C)c(C)c3C(F)(F)F)c3ncccc23)C(=O)OC)c(F)c1)C(F)(F)F. The predicted octanol–water partition coefficient (Wildman–Crippen LogP) is 7.79. The van der Waals surface area contributed by atoms with Crippen molar-refractivity contribution >= 4 is 28.5 Å². The number of halogens is 8. The third-order valence-electron chi connectivity index (χ3n) is 8.02. The van der Waals surface area contributed by atoms with Gasteiger partial charge >= 0.3 is 18.3 Å². The fourth-order valence-electron chi connectivity index (χ4n) is 5.36. The first-order valence-corrected chi connectivity index (χ1v) is 14.5. The van der Waals surface area contributed by atoms with Crippen molar-refractivity contribution in [3.63, 3.8) is 0 Å². The van der Waals surface area contributed by atoms with Gasteiger partial charge in [0.15, 0.2) is 0 Å². The number of nitrogens with one attached hydrogen (secondary N) is 2. The van der Waals surface area contributed by atoms with Gasteiger partial charge in [0.25, 0.3) is 5.91 Å². The molecule has 0 aliphatic carbocycles. The highest BCUT2D eigenvalue weighted by Gasteiger charge is 2.39. The zero-order chi connectivity index (χ0) is 35.7. The van der Waals surface area contributed by atoms with Crippen LogP contribution in [0.4, 0.5) is 40.8 Å². The number of methoxy groups -OCH3 is 1. The number of esters is 1. The van der Waals surface area contributed by atoms with Gasteiger partial charge in [-0.2, -0.15) is 26.3 Å². The Morgan fingerprint density at radius 3 is 2.17 bits per heavy atom. The smallest absolute Gasteiger partial charge is 0.418 e. The van der Waals surface area contributed by atoms with Crippen LogP contribution in [-0.4, -0.2) is 47.2 Å². The molecule has 2 aromatic carbocycles. The normalized spacial score (nSPS) is 13.3. The van der Waals surface area contributed by atoms with Gasteiger partial charge in [-0.25, -0.2) is 13.6 Å². The van der Waals surface area contributed by atoms with E-state index in [1.807, 2.05) is 5.32 Å². The van der Waals surface area contributed by atoms with E-state index >= 15 is 0 Å². The minimum atomic E-state index is -4.75. The number of carbonyl (C=O) groups excluding carboxylic acids is 2. The Hall–Kier alpha value is -4.82. The van der Waals surface area contributed by atoms with E-state index in [1.54, 1.807) is 6.92 Å². The molecule has 15 heteroatoms. The van der Waals surface area contributed by atoms with Gasteiger partial charge in [0.05, 0.1) is 23.9 Å². The molecule has 0 spiro atoms. The molecule has 0 bridgehead atoms. The van der Waals surface area contributed by atoms with Crippen LogP contribution in [0, 0.1) is 32.4 Å². The first kappa shape index (κ1) is 36.0. The van der Waals surface area contributed by atoms with Crippen molar-refractivity contribution in [2.24, 2.45) is 0 Å². The molecular weight excluding hydrogens is 652 g/mol.